The van der Waals surface area contributed by atoms with Gasteiger partial charge in [-0.05, 0) is 55.1 Å². The number of nitrogens with one attached hydrogen (secondary N) is 1. The molecular formula is C22H25F3N2O2. The summed E-state index contributed by atoms with van der Waals surface area (Å²) in [7, 11) is 3.41. The van der Waals surface area contributed by atoms with Crippen LogP contribution in [0.2, 0.25) is 0 Å². The highest BCUT2D eigenvalue weighted by Gasteiger charge is 2.49. The van der Waals surface area contributed by atoms with Gasteiger partial charge in [0.15, 0.2) is 6.10 Å². The van der Waals surface area contributed by atoms with Crippen LogP contribution in [0.15, 0.2) is 42.5 Å². The lowest BCUT2D eigenvalue weighted by atomic mass is 9.74. The summed E-state index contributed by atoms with van der Waals surface area (Å²) in [5, 5.41) is 2.12. The first kappa shape index (κ1) is 20.2. The fourth-order valence-electron chi connectivity index (χ4n) is 4.76. The molecule has 0 bridgehead atoms. The first-order valence-corrected chi connectivity index (χ1v) is 9.82. The number of rotatable bonds is 4. The molecule has 1 fully saturated rings. The van der Waals surface area contributed by atoms with Gasteiger partial charge < -0.3 is 9.47 Å². The number of hydrogen-bond acceptors (Lipinski definition) is 4. The van der Waals surface area contributed by atoms with Gasteiger partial charge in [0.25, 0.3) is 0 Å². The zero-order valence-electron chi connectivity index (χ0n) is 16.6. The number of hydrazine groups is 1. The number of alkyl halides is 3. The van der Waals surface area contributed by atoms with Crippen molar-refractivity contribution < 1.29 is 22.6 Å². The molecule has 4 nitrogen and oxygen atoms in total. The second-order valence-electron chi connectivity index (χ2n) is 7.54. The van der Waals surface area contributed by atoms with E-state index in [-0.39, 0.29) is 12.2 Å². The van der Waals surface area contributed by atoms with Crippen LogP contribution in [0, 0.1) is 0 Å². The number of ether oxygens (including phenoxy) is 2. The Morgan fingerprint density at radius 1 is 1.17 bits per heavy atom. The van der Waals surface area contributed by atoms with Gasteiger partial charge in [0, 0.05) is 12.1 Å². The first-order valence-electron chi connectivity index (χ1n) is 9.82. The molecule has 2 aromatic carbocycles. The van der Waals surface area contributed by atoms with Gasteiger partial charge in [-0.1, -0.05) is 30.3 Å². The summed E-state index contributed by atoms with van der Waals surface area (Å²) in [5.41, 5.74) is 5.12. The van der Waals surface area contributed by atoms with Crippen LogP contribution in [0.4, 0.5) is 13.2 Å². The number of fused-ring (bicyclic) bond motifs is 1. The van der Waals surface area contributed by atoms with Gasteiger partial charge >= 0.3 is 6.18 Å². The fraction of sp³-hybridized carbons (Fsp3) is 0.455. The first-order chi connectivity index (χ1) is 13.9. The molecule has 156 valence electrons. The molecule has 0 amide bonds. The number of piperidine rings is 1. The summed E-state index contributed by atoms with van der Waals surface area (Å²) in [6.45, 7) is 0.717. The van der Waals surface area contributed by atoms with E-state index in [2.05, 4.69) is 10.4 Å². The van der Waals surface area contributed by atoms with Crippen LogP contribution in [0.25, 0.3) is 0 Å². The molecule has 2 aliphatic rings. The van der Waals surface area contributed by atoms with Gasteiger partial charge in [0.2, 0.25) is 0 Å². The average molecular weight is 406 g/mol. The van der Waals surface area contributed by atoms with E-state index >= 15 is 0 Å². The number of methoxy groups -OCH3 is 1. The Labute approximate surface area is 168 Å². The Kier molecular flexibility index (Phi) is 5.31. The Morgan fingerprint density at radius 3 is 2.59 bits per heavy atom. The molecule has 4 rings (SSSR count). The topological polar surface area (TPSA) is 33.7 Å². The molecule has 29 heavy (non-hydrogen) atoms. The van der Waals surface area contributed by atoms with Gasteiger partial charge in [0.1, 0.15) is 5.75 Å². The summed E-state index contributed by atoms with van der Waals surface area (Å²) < 4.78 is 51.5. The maximum atomic E-state index is 13.6. The van der Waals surface area contributed by atoms with Crippen molar-refractivity contribution in [2.75, 3.05) is 20.7 Å². The zero-order valence-corrected chi connectivity index (χ0v) is 16.6. The molecule has 2 heterocycles. The average Bonchev–Trinajstić information content (AvgIpc) is 3.16. The second-order valence-corrected chi connectivity index (χ2v) is 7.54. The van der Waals surface area contributed by atoms with E-state index < -0.39 is 17.8 Å². The zero-order chi connectivity index (χ0) is 20.6. The molecule has 0 spiro atoms. The monoisotopic (exact) mass is 406 g/mol. The molecule has 2 aliphatic heterocycles. The normalized spacial score (nSPS) is 25.1. The van der Waals surface area contributed by atoms with Crippen molar-refractivity contribution in [3.8, 4) is 5.75 Å². The molecule has 2 aromatic rings. The molecule has 1 N–H and O–H groups in total. The van der Waals surface area contributed by atoms with Gasteiger partial charge in [-0.25, -0.2) is 5.01 Å². The van der Waals surface area contributed by atoms with Crippen molar-refractivity contribution in [2.24, 2.45) is 0 Å². The van der Waals surface area contributed by atoms with E-state index in [1.807, 2.05) is 37.4 Å². The van der Waals surface area contributed by atoms with E-state index in [1.54, 1.807) is 19.2 Å². The lowest BCUT2D eigenvalue weighted by molar-refractivity contribution is -0.219. The Hall–Kier alpha value is -2.09. The third-order valence-electron chi connectivity index (χ3n) is 6.04. The summed E-state index contributed by atoms with van der Waals surface area (Å²) in [4.78, 5) is 0. The fourth-order valence-corrected chi connectivity index (χ4v) is 4.76. The molecule has 0 unspecified atom stereocenters. The standard InChI is InChI=1S/C22H25F3N2O2/c1-26-27-11-7-6-10-21(27,16-8-4-3-5-9-16)18-13-17-15(12-19(18)28-2)14-29-20(17)22(23,24)25/h3-5,8-9,12-13,20,26H,6-7,10-11,14H2,1-2H3/t20-,21-/m0/s1. The molecule has 7 heteroatoms. The maximum absolute atomic E-state index is 13.6. The molecule has 0 aliphatic carbocycles. The number of nitrogens with zero attached hydrogens (tertiary/aromatic N) is 1. The highest BCUT2D eigenvalue weighted by atomic mass is 19.4. The second kappa shape index (κ2) is 7.63. The van der Waals surface area contributed by atoms with E-state index in [0.29, 0.717) is 11.3 Å². The van der Waals surface area contributed by atoms with Gasteiger partial charge in [0.05, 0.1) is 19.3 Å². The number of benzene rings is 2. The van der Waals surface area contributed by atoms with Crippen molar-refractivity contribution in [1.82, 2.24) is 10.4 Å². The van der Waals surface area contributed by atoms with Crippen molar-refractivity contribution in [3.05, 3.63) is 64.7 Å². The highest BCUT2D eigenvalue weighted by Crippen LogP contribution is 2.50. The molecular weight excluding hydrogens is 381 g/mol. The van der Waals surface area contributed by atoms with E-state index in [1.165, 1.54) is 0 Å². The Bertz CT molecular complexity index is 872. The summed E-state index contributed by atoms with van der Waals surface area (Å²) in [6, 6.07) is 13.3. The lowest BCUT2D eigenvalue weighted by Gasteiger charge is -2.48. The van der Waals surface area contributed by atoms with Crippen LogP contribution >= 0.6 is 0 Å². The number of halogens is 3. The minimum atomic E-state index is -4.45. The smallest absolute Gasteiger partial charge is 0.418 e. The van der Waals surface area contributed by atoms with E-state index in [4.69, 9.17) is 9.47 Å². The summed E-state index contributed by atoms with van der Waals surface area (Å²) in [6.07, 6.45) is -3.61. The maximum Gasteiger partial charge on any atom is 0.418 e. The molecule has 0 aromatic heterocycles. The predicted molar refractivity (Wildman–Crippen MR) is 103 cm³/mol. The minimum absolute atomic E-state index is 0.0652. The van der Waals surface area contributed by atoms with Crippen LogP contribution in [0.5, 0.6) is 5.75 Å². The Balaban J connectivity index is 1.96. The van der Waals surface area contributed by atoms with Gasteiger partial charge in [-0.15, -0.1) is 0 Å². The summed E-state index contributed by atoms with van der Waals surface area (Å²) in [5.74, 6) is 0.584. The van der Waals surface area contributed by atoms with Crippen LogP contribution in [-0.2, 0) is 16.9 Å². The van der Waals surface area contributed by atoms with Crippen LogP contribution in [0.3, 0.4) is 0 Å². The number of hydrogen-bond donors (Lipinski definition) is 1. The summed E-state index contributed by atoms with van der Waals surface area (Å²) >= 11 is 0. The molecule has 0 saturated carbocycles. The van der Waals surface area contributed by atoms with E-state index in [9.17, 15) is 13.2 Å². The highest BCUT2D eigenvalue weighted by molar-refractivity contribution is 5.53. The molecule has 1 saturated heterocycles. The Morgan fingerprint density at radius 2 is 1.93 bits per heavy atom. The van der Waals surface area contributed by atoms with Gasteiger partial charge in [-0.2, -0.15) is 13.2 Å². The predicted octanol–water partition coefficient (Wildman–Crippen LogP) is 4.69. The SMILES string of the molecule is CNN1CCCC[C@]1(c1ccccc1)c1cc2c(cc1OC)CO[C@@H]2C(F)(F)F. The lowest BCUT2D eigenvalue weighted by Crippen LogP contribution is -2.55. The molecule has 0 radical (unpaired) electrons. The van der Waals surface area contributed by atoms with Crippen LogP contribution in [0.1, 0.15) is 47.6 Å². The molecule has 2 atom stereocenters. The quantitative estimate of drug-likeness (QED) is 0.799. The van der Waals surface area contributed by atoms with Crippen LogP contribution in [-0.4, -0.2) is 31.9 Å². The largest absolute Gasteiger partial charge is 0.496 e. The van der Waals surface area contributed by atoms with Crippen molar-refractivity contribution in [3.63, 3.8) is 0 Å². The van der Waals surface area contributed by atoms with Crippen molar-refractivity contribution in [1.29, 1.82) is 0 Å². The third kappa shape index (κ3) is 3.31. The van der Waals surface area contributed by atoms with Gasteiger partial charge in [-0.3, -0.25) is 5.43 Å². The van der Waals surface area contributed by atoms with Crippen molar-refractivity contribution in [2.45, 2.75) is 43.7 Å². The van der Waals surface area contributed by atoms with E-state index in [0.717, 1.165) is 36.9 Å². The minimum Gasteiger partial charge on any atom is -0.496 e. The van der Waals surface area contributed by atoms with Crippen molar-refractivity contribution >= 4 is 0 Å². The van der Waals surface area contributed by atoms with Crippen LogP contribution < -0.4 is 10.2 Å². The third-order valence-corrected chi connectivity index (χ3v) is 6.04.